The molecule has 1 amide bonds. The summed E-state index contributed by atoms with van der Waals surface area (Å²) < 4.78 is 15.0. The van der Waals surface area contributed by atoms with Gasteiger partial charge in [0, 0.05) is 5.56 Å². The lowest BCUT2D eigenvalue weighted by atomic mass is 9.93. The van der Waals surface area contributed by atoms with Crippen LogP contribution in [0.1, 0.15) is 40.0 Å². The third-order valence-corrected chi connectivity index (χ3v) is 5.41. The number of nitrogens with one attached hydrogen (secondary N) is 2. The van der Waals surface area contributed by atoms with E-state index in [-0.39, 0.29) is 23.9 Å². The molecule has 31 heavy (non-hydrogen) atoms. The molecule has 4 aromatic rings. The van der Waals surface area contributed by atoms with Gasteiger partial charge in [-0.25, -0.2) is 9.07 Å². The van der Waals surface area contributed by atoms with Crippen molar-refractivity contribution in [2.45, 2.75) is 18.5 Å². The summed E-state index contributed by atoms with van der Waals surface area (Å²) in [4.78, 5) is 17.1. The zero-order chi connectivity index (χ0) is 21.2. The molecule has 0 fully saturated rings. The molecule has 1 aliphatic rings. The molecule has 2 atom stereocenters. The number of carbonyl (C=O) groups excluding carboxylic acids is 1. The van der Waals surface area contributed by atoms with Crippen molar-refractivity contribution in [3.05, 3.63) is 107 Å². The maximum atomic E-state index is 13.1. The molecule has 0 saturated carbocycles. The normalized spacial score (nSPS) is 17.5. The highest BCUT2D eigenvalue weighted by Gasteiger charge is 2.31. The predicted octanol–water partition coefficient (Wildman–Crippen LogP) is 4.82. The molecular formula is C24H20FN5O. The van der Waals surface area contributed by atoms with E-state index >= 15 is 0 Å². The number of nitrogens with zero attached hydrogens (tertiary/aromatic N) is 3. The fourth-order valence-electron chi connectivity index (χ4n) is 3.86. The third-order valence-electron chi connectivity index (χ3n) is 5.41. The fourth-order valence-corrected chi connectivity index (χ4v) is 3.86. The quantitative estimate of drug-likeness (QED) is 0.503. The van der Waals surface area contributed by atoms with Crippen LogP contribution in [0.15, 0.2) is 84.9 Å². The molecule has 154 valence electrons. The summed E-state index contributed by atoms with van der Waals surface area (Å²) >= 11 is 0. The van der Waals surface area contributed by atoms with Crippen LogP contribution in [0, 0.1) is 5.82 Å². The number of anilines is 2. The Bertz CT molecular complexity index is 1190. The number of halogens is 1. The van der Waals surface area contributed by atoms with Crippen LogP contribution < -0.4 is 10.6 Å². The summed E-state index contributed by atoms with van der Waals surface area (Å²) in [6.45, 7) is 0. The molecular weight excluding hydrogens is 393 g/mol. The largest absolute Gasteiger partial charge is 0.347 e. The van der Waals surface area contributed by atoms with Crippen molar-refractivity contribution in [3.63, 3.8) is 0 Å². The van der Waals surface area contributed by atoms with Gasteiger partial charge in [-0.05, 0) is 41.8 Å². The lowest BCUT2D eigenvalue weighted by Crippen LogP contribution is -2.28. The molecule has 1 aromatic heterocycles. The van der Waals surface area contributed by atoms with Gasteiger partial charge in [0.15, 0.2) is 0 Å². The highest BCUT2D eigenvalue weighted by atomic mass is 19.1. The van der Waals surface area contributed by atoms with Gasteiger partial charge >= 0.3 is 0 Å². The lowest BCUT2D eigenvalue weighted by Gasteiger charge is -2.31. The maximum Gasteiger partial charge on any atom is 0.258 e. The molecule has 2 heterocycles. The molecule has 2 unspecified atom stereocenters. The molecule has 0 spiro atoms. The second-order valence-corrected chi connectivity index (χ2v) is 7.43. The average Bonchev–Trinajstić information content (AvgIpc) is 3.22. The molecule has 7 heteroatoms. The van der Waals surface area contributed by atoms with E-state index in [1.165, 1.54) is 24.3 Å². The van der Waals surface area contributed by atoms with Gasteiger partial charge in [0.25, 0.3) is 11.9 Å². The van der Waals surface area contributed by atoms with Gasteiger partial charge in [0.1, 0.15) is 5.82 Å². The van der Waals surface area contributed by atoms with E-state index in [9.17, 15) is 9.18 Å². The van der Waals surface area contributed by atoms with Gasteiger partial charge in [-0.1, -0.05) is 60.7 Å². The number of rotatable bonds is 4. The Hall–Kier alpha value is -4.00. The summed E-state index contributed by atoms with van der Waals surface area (Å²) in [7, 11) is 0. The molecule has 0 aliphatic carbocycles. The van der Waals surface area contributed by atoms with Gasteiger partial charge in [-0.3, -0.25) is 10.1 Å². The second-order valence-electron chi connectivity index (χ2n) is 7.43. The summed E-state index contributed by atoms with van der Waals surface area (Å²) in [5.41, 5.74) is 2.62. The van der Waals surface area contributed by atoms with Crippen LogP contribution in [-0.4, -0.2) is 20.7 Å². The van der Waals surface area contributed by atoms with E-state index in [1.54, 1.807) is 0 Å². The van der Waals surface area contributed by atoms with Crippen LogP contribution in [-0.2, 0) is 0 Å². The lowest BCUT2D eigenvalue weighted by molar-refractivity contribution is 0.102. The minimum Gasteiger partial charge on any atom is -0.347 e. The van der Waals surface area contributed by atoms with E-state index in [4.69, 9.17) is 0 Å². The zero-order valence-electron chi connectivity index (χ0n) is 16.6. The van der Waals surface area contributed by atoms with Gasteiger partial charge in [-0.15, -0.1) is 5.10 Å². The number of amides is 1. The molecule has 0 bridgehead atoms. The Kier molecular flexibility index (Phi) is 4.92. The predicted molar refractivity (Wildman–Crippen MR) is 116 cm³/mol. The Labute approximate surface area is 178 Å². The highest BCUT2D eigenvalue weighted by molar-refractivity contribution is 6.03. The molecule has 2 N–H and O–H groups in total. The fraction of sp³-hybridized carbons (Fsp3) is 0.125. The Morgan fingerprint density at radius 2 is 1.58 bits per heavy atom. The first-order chi connectivity index (χ1) is 15.2. The van der Waals surface area contributed by atoms with E-state index in [0.29, 0.717) is 11.5 Å². The van der Waals surface area contributed by atoms with Crippen molar-refractivity contribution in [3.8, 4) is 0 Å². The van der Waals surface area contributed by atoms with Gasteiger partial charge < -0.3 is 5.32 Å². The van der Waals surface area contributed by atoms with Gasteiger partial charge in [0.2, 0.25) is 5.95 Å². The number of aromatic nitrogens is 3. The molecule has 5 rings (SSSR count). The Balaban J connectivity index is 1.47. The Morgan fingerprint density at radius 1 is 0.935 bits per heavy atom. The van der Waals surface area contributed by atoms with Crippen molar-refractivity contribution in [1.29, 1.82) is 0 Å². The van der Waals surface area contributed by atoms with E-state index in [0.717, 1.165) is 17.5 Å². The number of carbonyl (C=O) groups is 1. The van der Waals surface area contributed by atoms with Crippen molar-refractivity contribution in [2.75, 3.05) is 10.6 Å². The maximum absolute atomic E-state index is 13.1. The van der Waals surface area contributed by atoms with Gasteiger partial charge in [0.05, 0.1) is 12.1 Å². The van der Waals surface area contributed by atoms with Crippen LogP contribution in [0.4, 0.5) is 16.3 Å². The third kappa shape index (κ3) is 3.90. The molecule has 3 aromatic carbocycles. The van der Waals surface area contributed by atoms with Crippen LogP contribution in [0.5, 0.6) is 0 Å². The summed E-state index contributed by atoms with van der Waals surface area (Å²) in [5.74, 6) is 0.00244. The first-order valence-corrected chi connectivity index (χ1v) is 10.1. The summed E-state index contributed by atoms with van der Waals surface area (Å²) in [5, 5.41) is 10.7. The minimum atomic E-state index is -0.394. The van der Waals surface area contributed by atoms with Gasteiger partial charge in [-0.2, -0.15) is 4.98 Å². The first kappa shape index (κ1) is 19.0. The zero-order valence-corrected chi connectivity index (χ0v) is 16.6. The van der Waals surface area contributed by atoms with Crippen molar-refractivity contribution < 1.29 is 9.18 Å². The Morgan fingerprint density at radius 3 is 2.26 bits per heavy atom. The number of benzene rings is 3. The van der Waals surface area contributed by atoms with E-state index < -0.39 is 5.82 Å². The van der Waals surface area contributed by atoms with Crippen molar-refractivity contribution >= 4 is 17.8 Å². The van der Waals surface area contributed by atoms with E-state index in [1.807, 2.05) is 41.1 Å². The van der Waals surface area contributed by atoms with Crippen molar-refractivity contribution in [1.82, 2.24) is 14.8 Å². The molecule has 0 radical (unpaired) electrons. The minimum absolute atomic E-state index is 0.0355. The molecule has 0 saturated heterocycles. The second kappa shape index (κ2) is 8.02. The van der Waals surface area contributed by atoms with E-state index in [2.05, 4.69) is 45.0 Å². The first-order valence-electron chi connectivity index (χ1n) is 10.1. The van der Waals surface area contributed by atoms with Crippen LogP contribution >= 0.6 is 0 Å². The number of hydrogen-bond donors (Lipinski definition) is 2. The van der Waals surface area contributed by atoms with Crippen molar-refractivity contribution in [2.24, 2.45) is 0 Å². The average molecular weight is 413 g/mol. The summed E-state index contributed by atoms with van der Waals surface area (Å²) in [6, 6.07) is 25.7. The SMILES string of the molecule is O=C(Nc1nc2n(n1)C(c1ccccc1)CC(c1ccccc1)N2)c1ccc(F)cc1. The topological polar surface area (TPSA) is 71.8 Å². The number of hydrogen-bond acceptors (Lipinski definition) is 4. The standard InChI is InChI=1S/C24H20FN5O/c25-19-13-11-18(12-14-19)22(31)27-23-28-24-26-20(16-7-3-1-4-8-16)15-21(30(24)29-23)17-9-5-2-6-10-17/h1-14,20-21H,15H2,(H2,26,27,28,29,31). The highest BCUT2D eigenvalue weighted by Crippen LogP contribution is 2.38. The molecule has 6 nitrogen and oxygen atoms in total. The number of fused-ring (bicyclic) bond motifs is 1. The smallest absolute Gasteiger partial charge is 0.258 e. The van der Waals surface area contributed by atoms with Crippen LogP contribution in [0.2, 0.25) is 0 Å². The van der Waals surface area contributed by atoms with Crippen LogP contribution in [0.3, 0.4) is 0 Å². The molecule has 1 aliphatic heterocycles. The monoisotopic (exact) mass is 413 g/mol. The van der Waals surface area contributed by atoms with Crippen LogP contribution in [0.25, 0.3) is 0 Å². The summed E-state index contributed by atoms with van der Waals surface area (Å²) in [6.07, 6.45) is 0.787.